The number of anilines is 1. The molecule has 2 aromatic heterocycles. The van der Waals surface area contributed by atoms with Crippen LogP contribution in [0.1, 0.15) is 25.3 Å². The number of aliphatic hydroxyl groups excluding tert-OH is 1. The molecule has 0 aliphatic carbocycles. The van der Waals surface area contributed by atoms with Gasteiger partial charge in [0.1, 0.15) is 11.3 Å². The minimum Gasteiger partial charge on any atom is -0.494 e. The molecule has 1 saturated heterocycles. The average Bonchev–Trinajstić information content (AvgIpc) is 2.79. The summed E-state index contributed by atoms with van der Waals surface area (Å²) >= 11 is 0. The lowest BCUT2D eigenvalue weighted by molar-refractivity contribution is 0.122. The van der Waals surface area contributed by atoms with Gasteiger partial charge in [0, 0.05) is 31.5 Å². The molecule has 0 unspecified atom stereocenters. The fraction of sp³-hybridized carbons (Fsp3) is 0.435. The number of unbranched alkanes of at least 4 members (excludes halogenated alkanes) is 1. The van der Waals surface area contributed by atoms with Crippen LogP contribution in [0.5, 0.6) is 5.75 Å². The molecule has 0 spiro atoms. The smallest absolute Gasteiger partial charge is 0.162 e. The second kappa shape index (κ2) is 9.82. The lowest BCUT2D eigenvalue weighted by Gasteiger charge is -2.28. The first kappa shape index (κ1) is 20.5. The SMILES string of the molecule is CCCCOc1cccc(-c2nc(N3CCOCC3)c3ncc(CCO)cc3n2)c1. The van der Waals surface area contributed by atoms with Gasteiger partial charge in [-0.25, -0.2) is 9.97 Å². The largest absolute Gasteiger partial charge is 0.494 e. The number of pyridine rings is 1. The zero-order valence-electron chi connectivity index (χ0n) is 17.4. The van der Waals surface area contributed by atoms with Crippen LogP contribution in [0.2, 0.25) is 0 Å². The van der Waals surface area contributed by atoms with Crippen molar-refractivity contribution in [3.05, 3.63) is 42.1 Å². The Morgan fingerprint density at radius 2 is 2.03 bits per heavy atom. The predicted octanol–water partition coefficient (Wildman–Crippen LogP) is 3.24. The normalized spacial score (nSPS) is 14.3. The molecular formula is C23H28N4O3. The third-order valence-electron chi connectivity index (χ3n) is 5.14. The first-order valence-corrected chi connectivity index (χ1v) is 10.6. The Morgan fingerprint density at radius 1 is 1.17 bits per heavy atom. The summed E-state index contributed by atoms with van der Waals surface area (Å²) in [5.41, 5.74) is 3.43. The molecule has 0 bridgehead atoms. The third kappa shape index (κ3) is 4.68. The molecule has 158 valence electrons. The minimum absolute atomic E-state index is 0.0819. The van der Waals surface area contributed by atoms with Crippen LogP contribution in [0, 0.1) is 0 Å². The highest BCUT2D eigenvalue weighted by molar-refractivity contribution is 5.88. The monoisotopic (exact) mass is 408 g/mol. The van der Waals surface area contributed by atoms with E-state index in [-0.39, 0.29) is 6.61 Å². The molecule has 1 N–H and O–H groups in total. The van der Waals surface area contributed by atoms with Crippen LogP contribution in [-0.2, 0) is 11.2 Å². The second-order valence-corrected chi connectivity index (χ2v) is 7.38. The molecule has 7 heteroatoms. The van der Waals surface area contributed by atoms with Gasteiger partial charge in [0.15, 0.2) is 11.6 Å². The number of aliphatic hydroxyl groups is 1. The molecule has 3 aromatic rings. The molecule has 30 heavy (non-hydrogen) atoms. The fourth-order valence-corrected chi connectivity index (χ4v) is 3.49. The number of benzene rings is 1. The van der Waals surface area contributed by atoms with Gasteiger partial charge in [-0.2, -0.15) is 0 Å². The first-order valence-electron chi connectivity index (χ1n) is 10.6. The molecule has 1 aliphatic heterocycles. The number of morpholine rings is 1. The second-order valence-electron chi connectivity index (χ2n) is 7.38. The highest BCUT2D eigenvalue weighted by atomic mass is 16.5. The van der Waals surface area contributed by atoms with E-state index < -0.39 is 0 Å². The summed E-state index contributed by atoms with van der Waals surface area (Å²) in [4.78, 5) is 16.6. The van der Waals surface area contributed by atoms with E-state index in [1.54, 1.807) is 6.20 Å². The van der Waals surface area contributed by atoms with E-state index in [2.05, 4.69) is 16.8 Å². The Morgan fingerprint density at radius 3 is 2.83 bits per heavy atom. The molecule has 0 saturated carbocycles. The quantitative estimate of drug-likeness (QED) is 0.573. The van der Waals surface area contributed by atoms with Crippen LogP contribution in [0.15, 0.2) is 36.5 Å². The van der Waals surface area contributed by atoms with Crippen LogP contribution < -0.4 is 9.64 Å². The summed E-state index contributed by atoms with van der Waals surface area (Å²) in [7, 11) is 0. The molecule has 0 atom stereocenters. The molecule has 1 fully saturated rings. The van der Waals surface area contributed by atoms with Crippen LogP contribution in [0.3, 0.4) is 0 Å². The van der Waals surface area contributed by atoms with Gasteiger partial charge in [-0.15, -0.1) is 0 Å². The highest BCUT2D eigenvalue weighted by Crippen LogP contribution is 2.29. The number of hydrogen-bond donors (Lipinski definition) is 1. The van der Waals surface area contributed by atoms with E-state index in [0.29, 0.717) is 32.1 Å². The van der Waals surface area contributed by atoms with Crippen molar-refractivity contribution < 1.29 is 14.6 Å². The van der Waals surface area contributed by atoms with E-state index in [1.807, 2.05) is 30.3 Å². The van der Waals surface area contributed by atoms with E-state index in [9.17, 15) is 5.11 Å². The van der Waals surface area contributed by atoms with E-state index in [4.69, 9.17) is 19.4 Å². The van der Waals surface area contributed by atoms with Crippen molar-refractivity contribution >= 4 is 16.9 Å². The molecule has 0 amide bonds. The van der Waals surface area contributed by atoms with Crippen molar-refractivity contribution in [2.75, 3.05) is 44.4 Å². The third-order valence-corrected chi connectivity index (χ3v) is 5.14. The zero-order valence-corrected chi connectivity index (χ0v) is 17.4. The summed E-state index contributed by atoms with van der Waals surface area (Å²) in [6.07, 6.45) is 4.47. The van der Waals surface area contributed by atoms with Gasteiger partial charge in [0.2, 0.25) is 0 Å². The summed E-state index contributed by atoms with van der Waals surface area (Å²) in [5.74, 6) is 2.30. The molecule has 1 aromatic carbocycles. The number of rotatable bonds is 8. The van der Waals surface area contributed by atoms with Gasteiger partial charge in [0.25, 0.3) is 0 Å². The van der Waals surface area contributed by atoms with Crippen molar-refractivity contribution in [3.8, 4) is 17.1 Å². The van der Waals surface area contributed by atoms with Crippen LogP contribution in [-0.4, -0.2) is 59.6 Å². The van der Waals surface area contributed by atoms with Crippen LogP contribution in [0.4, 0.5) is 5.82 Å². The number of hydrogen-bond acceptors (Lipinski definition) is 7. The molecule has 3 heterocycles. The van der Waals surface area contributed by atoms with E-state index in [0.717, 1.165) is 59.7 Å². The van der Waals surface area contributed by atoms with Crippen molar-refractivity contribution in [2.45, 2.75) is 26.2 Å². The molecule has 7 nitrogen and oxygen atoms in total. The average molecular weight is 409 g/mol. The van der Waals surface area contributed by atoms with Crippen LogP contribution >= 0.6 is 0 Å². The van der Waals surface area contributed by atoms with Crippen molar-refractivity contribution in [2.24, 2.45) is 0 Å². The Bertz CT molecular complexity index is 989. The van der Waals surface area contributed by atoms with Crippen molar-refractivity contribution in [1.82, 2.24) is 15.0 Å². The maximum Gasteiger partial charge on any atom is 0.162 e. The number of ether oxygens (including phenoxy) is 2. The summed E-state index contributed by atoms with van der Waals surface area (Å²) in [5, 5.41) is 9.31. The number of nitrogens with zero attached hydrogens (tertiary/aromatic N) is 4. The highest BCUT2D eigenvalue weighted by Gasteiger charge is 2.19. The van der Waals surface area contributed by atoms with E-state index in [1.165, 1.54) is 0 Å². The van der Waals surface area contributed by atoms with Gasteiger partial charge in [0.05, 0.1) is 25.3 Å². The zero-order chi connectivity index (χ0) is 20.8. The van der Waals surface area contributed by atoms with Crippen molar-refractivity contribution in [1.29, 1.82) is 0 Å². The maximum absolute atomic E-state index is 9.31. The Labute approximate surface area is 176 Å². The first-order chi connectivity index (χ1) is 14.8. The van der Waals surface area contributed by atoms with Gasteiger partial charge in [-0.3, -0.25) is 4.98 Å². The molecular weight excluding hydrogens is 380 g/mol. The molecule has 0 radical (unpaired) electrons. The maximum atomic E-state index is 9.31. The van der Waals surface area contributed by atoms with Crippen molar-refractivity contribution in [3.63, 3.8) is 0 Å². The van der Waals surface area contributed by atoms with Gasteiger partial charge in [-0.05, 0) is 36.6 Å². The van der Waals surface area contributed by atoms with Crippen LogP contribution in [0.25, 0.3) is 22.4 Å². The molecule has 1 aliphatic rings. The lowest BCUT2D eigenvalue weighted by Crippen LogP contribution is -2.37. The van der Waals surface area contributed by atoms with Gasteiger partial charge >= 0.3 is 0 Å². The van der Waals surface area contributed by atoms with E-state index >= 15 is 0 Å². The standard InChI is InChI=1S/C23H28N4O3/c1-2-3-11-30-19-6-4-5-18(15-19)22-25-20-14-17(7-10-28)16-24-21(20)23(26-22)27-8-12-29-13-9-27/h4-6,14-16,28H,2-3,7-13H2,1H3. The fourth-order valence-electron chi connectivity index (χ4n) is 3.49. The number of fused-ring (bicyclic) bond motifs is 1. The lowest BCUT2D eigenvalue weighted by atomic mass is 10.1. The summed E-state index contributed by atoms with van der Waals surface area (Å²) in [6, 6.07) is 9.92. The summed E-state index contributed by atoms with van der Waals surface area (Å²) < 4.78 is 11.4. The van der Waals surface area contributed by atoms with Gasteiger partial charge in [-0.1, -0.05) is 25.5 Å². The topological polar surface area (TPSA) is 80.6 Å². The minimum atomic E-state index is 0.0819. The number of aromatic nitrogens is 3. The molecule has 4 rings (SSSR count). The van der Waals surface area contributed by atoms with Gasteiger partial charge < -0.3 is 19.5 Å². The summed E-state index contributed by atoms with van der Waals surface area (Å²) in [6.45, 7) is 5.81. The Kier molecular flexibility index (Phi) is 6.71. The Hall–Kier alpha value is -2.77. The Balaban J connectivity index is 1.76. The predicted molar refractivity (Wildman–Crippen MR) is 117 cm³/mol.